The maximum Gasteiger partial charge on any atom is 0.416 e. The van der Waals surface area contributed by atoms with E-state index in [0.29, 0.717) is 12.1 Å². The largest absolute Gasteiger partial charge is 0.416 e. The molecular weight excluding hydrogens is 549 g/mol. The van der Waals surface area contributed by atoms with E-state index < -0.39 is 47.3 Å². The van der Waals surface area contributed by atoms with Crippen molar-refractivity contribution in [3.05, 3.63) is 68.2 Å². The van der Waals surface area contributed by atoms with Crippen molar-refractivity contribution in [2.45, 2.75) is 38.5 Å². The zero-order valence-corrected chi connectivity index (χ0v) is 18.5. The Hall–Kier alpha value is -2.84. The molecule has 0 unspecified atom stereocenters. The molecule has 0 radical (unpaired) electrons. The van der Waals surface area contributed by atoms with E-state index in [-0.39, 0.29) is 34.2 Å². The van der Waals surface area contributed by atoms with Gasteiger partial charge in [-0.2, -0.15) is 44.7 Å². The lowest BCUT2D eigenvalue weighted by Gasteiger charge is -2.24. The second-order valence-electron chi connectivity index (χ2n) is 7.24. The number of benzene rings is 2. The number of H-pyrrole nitrogens is 1. The summed E-state index contributed by atoms with van der Waals surface area (Å²) in [5, 5.41) is 12.7. The molecule has 0 spiro atoms. The predicted molar refractivity (Wildman–Crippen MR) is 104 cm³/mol. The molecule has 1 aromatic heterocycles. The molecule has 3 aromatic rings. The molecule has 0 amide bonds. The topological polar surface area (TPSA) is 57.7 Å². The number of aromatic nitrogens is 4. The van der Waals surface area contributed by atoms with Gasteiger partial charge in [0.2, 0.25) is 0 Å². The van der Waals surface area contributed by atoms with Gasteiger partial charge in [0.1, 0.15) is 0 Å². The number of alkyl halides is 9. The number of halogens is 10. The molecule has 1 N–H and O–H groups in total. The quantitative estimate of drug-likeness (QED) is 0.360. The first-order valence-corrected chi connectivity index (χ1v) is 9.98. The zero-order valence-electron chi connectivity index (χ0n) is 16.9. The molecule has 0 aliphatic rings. The molecule has 0 aliphatic heterocycles. The first-order chi connectivity index (χ1) is 15.6. The summed E-state index contributed by atoms with van der Waals surface area (Å²) in [5.74, 6) is -0.244. The van der Waals surface area contributed by atoms with Crippen molar-refractivity contribution in [1.29, 1.82) is 0 Å². The summed E-state index contributed by atoms with van der Waals surface area (Å²) >= 11 is 3.14. The Bertz CT molecular complexity index is 1120. The minimum absolute atomic E-state index is 0.0195. The summed E-state index contributed by atoms with van der Waals surface area (Å²) in [6, 6.07) is 3.06. The van der Waals surface area contributed by atoms with E-state index in [1.54, 1.807) is 0 Å². The van der Waals surface area contributed by atoms with Gasteiger partial charge in [-0.3, -0.25) is 0 Å². The Morgan fingerprint density at radius 2 is 1.41 bits per heavy atom. The number of anilines is 1. The van der Waals surface area contributed by atoms with Crippen LogP contribution in [0.15, 0.2) is 34.8 Å². The van der Waals surface area contributed by atoms with Gasteiger partial charge in [0, 0.05) is 17.6 Å². The highest BCUT2D eigenvalue weighted by molar-refractivity contribution is 9.10. The normalized spacial score (nSPS) is 12.8. The average molecular weight is 562 g/mol. The van der Waals surface area contributed by atoms with Gasteiger partial charge in [-0.05, 0) is 59.2 Å². The molecule has 3 rings (SSSR count). The van der Waals surface area contributed by atoms with Crippen LogP contribution in [-0.2, 0) is 31.6 Å². The molecule has 2 aromatic carbocycles. The third-order valence-corrected chi connectivity index (χ3v) is 5.44. The van der Waals surface area contributed by atoms with Crippen LogP contribution in [0, 0.1) is 6.92 Å². The summed E-state index contributed by atoms with van der Waals surface area (Å²) in [6.07, 6.45) is -14.8. The first kappa shape index (κ1) is 25.8. The van der Waals surface area contributed by atoms with Gasteiger partial charge in [0.15, 0.2) is 0 Å². The van der Waals surface area contributed by atoms with Crippen LogP contribution >= 0.6 is 15.9 Å². The fourth-order valence-corrected chi connectivity index (χ4v) is 3.75. The lowest BCUT2D eigenvalue weighted by molar-refractivity contribution is -0.143. The van der Waals surface area contributed by atoms with E-state index in [0.717, 1.165) is 11.0 Å². The first-order valence-electron chi connectivity index (χ1n) is 9.18. The van der Waals surface area contributed by atoms with Gasteiger partial charge in [-0.25, -0.2) is 0 Å². The molecule has 15 heteroatoms. The van der Waals surface area contributed by atoms with Crippen molar-refractivity contribution >= 4 is 21.9 Å². The molecular formula is C19H13BrF9N5. The predicted octanol–water partition coefficient (Wildman–Crippen LogP) is 6.53. The smallest absolute Gasteiger partial charge is 0.330 e. The third kappa shape index (κ3) is 5.98. The Morgan fingerprint density at radius 3 is 1.88 bits per heavy atom. The highest BCUT2D eigenvalue weighted by Crippen LogP contribution is 2.38. The van der Waals surface area contributed by atoms with Crippen LogP contribution in [0.5, 0.6) is 0 Å². The summed E-state index contributed by atoms with van der Waals surface area (Å²) < 4.78 is 120. The minimum Gasteiger partial charge on any atom is -0.330 e. The van der Waals surface area contributed by atoms with Crippen LogP contribution in [0.3, 0.4) is 0 Å². The Labute approximate surface area is 194 Å². The van der Waals surface area contributed by atoms with E-state index in [1.807, 2.05) is 0 Å². The van der Waals surface area contributed by atoms with Crippen molar-refractivity contribution in [3.63, 3.8) is 0 Å². The molecule has 0 saturated carbocycles. The minimum atomic E-state index is -5.06. The standard InChI is InChI=1S/C19H13BrF9N5/c1-9-2-15(20)11(5-14(9)19(27,28)29)8-34(16-30-32-33-31-16)7-10-3-12(17(21,22)23)6-13(4-10)18(24,25)26/h2-6H,7-8H2,1H3,(H,30,31,32,33). The van der Waals surface area contributed by atoms with E-state index in [4.69, 9.17) is 0 Å². The lowest BCUT2D eigenvalue weighted by Crippen LogP contribution is -2.25. The molecule has 0 bridgehead atoms. The lowest BCUT2D eigenvalue weighted by atomic mass is 10.0. The number of tetrazole rings is 1. The second kappa shape index (κ2) is 9.07. The van der Waals surface area contributed by atoms with E-state index in [2.05, 4.69) is 36.6 Å². The Morgan fingerprint density at radius 1 is 0.824 bits per heavy atom. The maximum atomic E-state index is 13.3. The molecule has 1 heterocycles. The monoisotopic (exact) mass is 561 g/mol. The maximum absolute atomic E-state index is 13.3. The number of hydrogen-bond acceptors (Lipinski definition) is 4. The molecule has 0 aliphatic carbocycles. The van der Waals surface area contributed by atoms with Gasteiger partial charge >= 0.3 is 18.5 Å². The van der Waals surface area contributed by atoms with Crippen LogP contribution in [0.2, 0.25) is 0 Å². The molecule has 0 fully saturated rings. The molecule has 34 heavy (non-hydrogen) atoms. The Kier molecular flexibility index (Phi) is 6.88. The SMILES string of the molecule is Cc1cc(Br)c(CN(Cc2cc(C(F)(F)F)cc(C(F)(F)F)c2)c2nn[nH]n2)cc1C(F)(F)F. The van der Waals surface area contributed by atoms with Crippen LogP contribution in [0.1, 0.15) is 33.4 Å². The highest BCUT2D eigenvalue weighted by atomic mass is 79.9. The van der Waals surface area contributed by atoms with Crippen molar-refractivity contribution in [2.75, 3.05) is 4.90 Å². The number of rotatable bonds is 5. The highest BCUT2D eigenvalue weighted by Gasteiger charge is 2.37. The number of aryl methyl sites for hydroxylation is 1. The van der Waals surface area contributed by atoms with E-state index in [1.165, 1.54) is 13.0 Å². The second-order valence-corrected chi connectivity index (χ2v) is 8.09. The molecule has 5 nitrogen and oxygen atoms in total. The number of nitrogens with one attached hydrogen (secondary N) is 1. The number of hydrogen-bond donors (Lipinski definition) is 1. The Balaban J connectivity index is 2.05. The fourth-order valence-electron chi connectivity index (χ4n) is 3.17. The van der Waals surface area contributed by atoms with Crippen molar-refractivity contribution < 1.29 is 39.5 Å². The van der Waals surface area contributed by atoms with Crippen LogP contribution in [-0.4, -0.2) is 20.6 Å². The zero-order chi connectivity index (χ0) is 25.5. The molecule has 0 atom stereocenters. The van der Waals surface area contributed by atoms with Gasteiger partial charge in [0.05, 0.1) is 16.7 Å². The van der Waals surface area contributed by atoms with Crippen LogP contribution in [0.4, 0.5) is 45.5 Å². The van der Waals surface area contributed by atoms with Crippen molar-refractivity contribution in [2.24, 2.45) is 0 Å². The van der Waals surface area contributed by atoms with Crippen LogP contribution in [0.25, 0.3) is 0 Å². The molecule has 0 saturated heterocycles. The third-order valence-electron chi connectivity index (χ3n) is 4.70. The van der Waals surface area contributed by atoms with E-state index in [9.17, 15) is 39.5 Å². The van der Waals surface area contributed by atoms with Gasteiger partial charge < -0.3 is 4.90 Å². The van der Waals surface area contributed by atoms with Gasteiger partial charge in [-0.1, -0.05) is 21.0 Å². The fraction of sp³-hybridized carbons (Fsp3) is 0.316. The average Bonchev–Trinajstić information content (AvgIpc) is 3.21. The van der Waals surface area contributed by atoms with Gasteiger partial charge in [0.25, 0.3) is 5.95 Å². The van der Waals surface area contributed by atoms with Crippen LogP contribution < -0.4 is 4.90 Å². The number of nitrogens with zero attached hydrogens (tertiary/aromatic N) is 4. The summed E-state index contributed by atoms with van der Waals surface area (Å²) in [4.78, 5) is 1.09. The number of aromatic amines is 1. The summed E-state index contributed by atoms with van der Waals surface area (Å²) in [6.45, 7) is 0.269. The van der Waals surface area contributed by atoms with Crippen molar-refractivity contribution in [3.8, 4) is 0 Å². The van der Waals surface area contributed by atoms with Crippen molar-refractivity contribution in [1.82, 2.24) is 20.6 Å². The summed E-state index contributed by atoms with van der Waals surface area (Å²) in [7, 11) is 0. The van der Waals surface area contributed by atoms with E-state index >= 15 is 0 Å². The van der Waals surface area contributed by atoms with Gasteiger partial charge in [-0.15, -0.1) is 5.10 Å². The molecule has 184 valence electrons. The summed E-state index contributed by atoms with van der Waals surface area (Å²) in [5.41, 5.74) is -4.45.